The highest BCUT2D eigenvalue weighted by molar-refractivity contribution is 6.31. The molecule has 1 aliphatic rings. The molecule has 1 aromatic heterocycles. The van der Waals surface area contributed by atoms with Crippen LogP contribution in [-0.2, 0) is 9.53 Å². The van der Waals surface area contributed by atoms with Gasteiger partial charge in [-0.1, -0.05) is 29.8 Å². The van der Waals surface area contributed by atoms with Gasteiger partial charge in [-0.15, -0.1) is 5.10 Å². The molecule has 122 valence electrons. The summed E-state index contributed by atoms with van der Waals surface area (Å²) in [4.78, 5) is 11.8. The number of aromatic nitrogens is 2. The van der Waals surface area contributed by atoms with Gasteiger partial charge in [-0.25, -0.2) is 4.68 Å². The first-order valence-corrected chi connectivity index (χ1v) is 7.92. The van der Waals surface area contributed by atoms with Gasteiger partial charge in [0.2, 0.25) is 0 Å². The van der Waals surface area contributed by atoms with Crippen LogP contribution in [0.1, 0.15) is 12.8 Å². The van der Waals surface area contributed by atoms with Crippen molar-refractivity contribution in [2.24, 2.45) is 0 Å². The van der Waals surface area contributed by atoms with E-state index >= 15 is 0 Å². The maximum Gasteiger partial charge on any atom is 0.258 e. The number of nitrogens with one attached hydrogen (secondary N) is 1. The highest BCUT2D eigenvalue weighted by atomic mass is 35.5. The van der Waals surface area contributed by atoms with E-state index in [9.17, 15) is 4.79 Å². The lowest BCUT2D eigenvalue weighted by molar-refractivity contribution is -0.123. The minimum Gasteiger partial charge on any atom is -0.465 e. The fourth-order valence-corrected chi connectivity index (χ4v) is 2.55. The third-order valence-corrected chi connectivity index (χ3v) is 3.81. The van der Waals surface area contributed by atoms with E-state index in [1.807, 2.05) is 30.3 Å². The fourth-order valence-electron chi connectivity index (χ4n) is 2.37. The van der Waals surface area contributed by atoms with Crippen molar-refractivity contribution in [2.45, 2.75) is 18.9 Å². The number of carbonyl (C=O) groups is 1. The van der Waals surface area contributed by atoms with E-state index in [4.69, 9.17) is 21.1 Å². The Bertz CT molecular complexity index is 654. The first kappa shape index (κ1) is 15.8. The monoisotopic (exact) mass is 335 g/mol. The quantitative estimate of drug-likeness (QED) is 0.879. The summed E-state index contributed by atoms with van der Waals surface area (Å²) in [7, 11) is 0. The van der Waals surface area contributed by atoms with Gasteiger partial charge in [0.1, 0.15) is 5.02 Å². The molecule has 0 spiro atoms. The number of amides is 1. The number of benzene rings is 1. The molecule has 0 radical (unpaired) electrons. The molecule has 1 saturated heterocycles. The summed E-state index contributed by atoms with van der Waals surface area (Å²) >= 11 is 6.10. The van der Waals surface area contributed by atoms with Crippen LogP contribution < -0.4 is 10.1 Å². The second kappa shape index (κ2) is 7.48. The number of nitrogens with zero attached hydrogens (tertiary/aromatic N) is 2. The second-order valence-corrected chi connectivity index (χ2v) is 5.70. The highest BCUT2D eigenvalue weighted by Gasteiger charge is 2.17. The van der Waals surface area contributed by atoms with E-state index in [1.54, 1.807) is 10.9 Å². The molecule has 1 amide bonds. The van der Waals surface area contributed by atoms with E-state index in [0.29, 0.717) is 11.6 Å². The average molecular weight is 336 g/mol. The van der Waals surface area contributed by atoms with Crippen LogP contribution in [0.4, 0.5) is 0 Å². The fraction of sp³-hybridized carbons (Fsp3) is 0.375. The Morgan fingerprint density at radius 2 is 2.26 bits per heavy atom. The van der Waals surface area contributed by atoms with E-state index in [1.165, 1.54) is 0 Å². The van der Waals surface area contributed by atoms with Gasteiger partial charge in [-0.05, 0) is 25.0 Å². The van der Waals surface area contributed by atoms with Gasteiger partial charge in [0, 0.05) is 13.2 Å². The van der Waals surface area contributed by atoms with Crippen LogP contribution in [0.5, 0.6) is 5.88 Å². The first-order chi connectivity index (χ1) is 11.2. The Kier molecular flexibility index (Phi) is 5.15. The average Bonchev–Trinajstić information content (AvgIpc) is 3.21. The topological polar surface area (TPSA) is 65.4 Å². The normalized spacial score (nSPS) is 17.2. The number of halogens is 1. The standard InChI is InChI=1S/C16H18ClN3O3/c17-14-10-20(12-5-2-1-3-6-12)19-16(14)23-11-15(21)18-9-13-7-4-8-22-13/h1-3,5-6,10,13H,4,7-9,11H2,(H,18,21)/t13-/m0/s1. The van der Waals surface area contributed by atoms with Crippen LogP contribution in [0, 0.1) is 0 Å². The molecule has 1 atom stereocenters. The van der Waals surface area contributed by atoms with Crippen molar-refractivity contribution < 1.29 is 14.3 Å². The number of para-hydroxylation sites is 1. The zero-order valence-electron chi connectivity index (χ0n) is 12.6. The minimum absolute atomic E-state index is 0.111. The van der Waals surface area contributed by atoms with Gasteiger partial charge in [0.05, 0.1) is 18.0 Å². The lowest BCUT2D eigenvalue weighted by Gasteiger charge is -2.10. The molecular formula is C16H18ClN3O3. The summed E-state index contributed by atoms with van der Waals surface area (Å²) in [6.45, 7) is 1.15. The predicted octanol–water partition coefficient (Wildman–Crippen LogP) is 2.20. The Morgan fingerprint density at radius 3 is 3.00 bits per heavy atom. The SMILES string of the molecule is O=C(COc1nn(-c2ccccc2)cc1Cl)NC[C@@H]1CCCO1. The molecule has 3 rings (SSSR count). The second-order valence-electron chi connectivity index (χ2n) is 5.29. The van der Waals surface area contributed by atoms with Crippen LogP contribution >= 0.6 is 11.6 Å². The Morgan fingerprint density at radius 1 is 1.43 bits per heavy atom. The number of hydrogen-bond donors (Lipinski definition) is 1. The van der Waals surface area contributed by atoms with Crippen molar-refractivity contribution in [3.63, 3.8) is 0 Å². The third-order valence-electron chi connectivity index (χ3n) is 3.55. The van der Waals surface area contributed by atoms with Crippen molar-refractivity contribution in [2.75, 3.05) is 19.8 Å². The van der Waals surface area contributed by atoms with Crippen molar-refractivity contribution in [3.05, 3.63) is 41.6 Å². The van der Waals surface area contributed by atoms with Crippen molar-refractivity contribution in [3.8, 4) is 11.6 Å². The summed E-state index contributed by atoms with van der Waals surface area (Å²) in [5, 5.41) is 7.40. The maximum absolute atomic E-state index is 11.8. The molecule has 6 nitrogen and oxygen atoms in total. The summed E-state index contributed by atoms with van der Waals surface area (Å²) in [6, 6.07) is 9.54. The van der Waals surface area contributed by atoms with Gasteiger partial charge < -0.3 is 14.8 Å². The molecule has 23 heavy (non-hydrogen) atoms. The number of ether oxygens (including phenoxy) is 2. The smallest absolute Gasteiger partial charge is 0.258 e. The Labute approximate surface area is 139 Å². The zero-order chi connectivity index (χ0) is 16.1. The summed E-state index contributed by atoms with van der Waals surface area (Å²) in [5.41, 5.74) is 0.868. The molecule has 7 heteroatoms. The highest BCUT2D eigenvalue weighted by Crippen LogP contribution is 2.23. The molecule has 0 unspecified atom stereocenters. The molecule has 2 heterocycles. The summed E-state index contributed by atoms with van der Waals surface area (Å²) in [6.07, 6.45) is 3.79. The van der Waals surface area contributed by atoms with Gasteiger partial charge in [-0.3, -0.25) is 4.79 Å². The molecule has 1 aliphatic heterocycles. The number of rotatable bonds is 6. The van der Waals surface area contributed by atoms with Crippen LogP contribution in [-0.4, -0.2) is 41.6 Å². The van der Waals surface area contributed by atoms with Gasteiger partial charge >= 0.3 is 0 Å². The van der Waals surface area contributed by atoms with Crippen molar-refractivity contribution >= 4 is 17.5 Å². The first-order valence-electron chi connectivity index (χ1n) is 7.54. The lowest BCUT2D eigenvalue weighted by atomic mass is 10.2. The molecule has 1 fully saturated rings. The third kappa shape index (κ3) is 4.24. The van der Waals surface area contributed by atoms with Gasteiger partial charge in [0.25, 0.3) is 11.8 Å². The summed E-state index contributed by atoms with van der Waals surface area (Å²) < 4.78 is 12.5. The van der Waals surface area contributed by atoms with Crippen molar-refractivity contribution in [1.82, 2.24) is 15.1 Å². The van der Waals surface area contributed by atoms with Gasteiger partial charge in [-0.2, -0.15) is 0 Å². The lowest BCUT2D eigenvalue weighted by Crippen LogP contribution is -2.35. The van der Waals surface area contributed by atoms with Crippen LogP contribution in [0.25, 0.3) is 5.69 Å². The largest absolute Gasteiger partial charge is 0.465 e. The van der Waals surface area contributed by atoms with E-state index in [-0.39, 0.29) is 24.5 Å². The molecule has 2 aromatic rings. The molecular weight excluding hydrogens is 318 g/mol. The van der Waals surface area contributed by atoms with E-state index < -0.39 is 0 Å². The van der Waals surface area contributed by atoms with Crippen molar-refractivity contribution in [1.29, 1.82) is 0 Å². The van der Waals surface area contributed by atoms with Gasteiger partial charge in [0.15, 0.2) is 6.61 Å². The molecule has 0 aliphatic carbocycles. The van der Waals surface area contributed by atoms with E-state index in [2.05, 4.69) is 10.4 Å². The Hall–Kier alpha value is -2.05. The van der Waals surface area contributed by atoms with Crippen LogP contribution in [0.15, 0.2) is 36.5 Å². The molecule has 0 saturated carbocycles. The van der Waals surface area contributed by atoms with Crippen LogP contribution in [0.3, 0.4) is 0 Å². The Balaban J connectivity index is 1.52. The molecule has 1 aromatic carbocycles. The zero-order valence-corrected chi connectivity index (χ0v) is 13.3. The maximum atomic E-state index is 11.8. The molecule has 1 N–H and O–H groups in total. The number of hydrogen-bond acceptors (Lipinski definition) is 4. The van der Waals surface area contributed by atoms with E-state index in [0.717, 1.165) is 25.1 Å². The molecule has 0 bridgehead atoms. The summed E-state index contributed by atoms with van der Waals surface area (Å²) in [5.74, 6) is 0.0219. The minimum atomic E-state index is -0.217. The van der Waals surface area contributed by atoms with Crippen LogP contribution in [0.2, 0.25) is 5.02 Å². The predicted molar refractivity (Wildman–Crippen MR) is 86.1 cm³/mol. The number of carbonyl (C=O) groups excluding carboxylic acids is 1.